The molecular formula is C34H18N4S2. The van der Waals surface area contributed by atoms with Crippen molar-refractivity contribution in [1.82, 2.24) is 19.9 Å². The van der Waals surface area contributed by atoms with Gasteiger partial charge < -0.3 is 0 Å². The highest BCUT2D eigenvalue weighted by Gasteiger charge is 2.20. The largest absolute Gasteiger partial charge is 0.254 e. The number of pyridine rings is 2. The molecule has 0 aliphatic heterocycles. The molecule has 9 rings (SSSR count). The van der Waals surface area contributed by atoms with Gasteiger partial charge in [-0.2, -0.15) is 0 Å². The lowest BCUT2D eigenvalue weighted by Gasteiger charge is -2.12. The lowest BCUT2D eigenvalue weighted by atomic mass is 10.0. The average Bonchev–Trinajstić information content (AvgIpc) is 3.64. The van der Waals surface area contributed by atoms with E-state index in [1.807, 2.05) is 24.5 Å². The van der Waals surface area contributed by atoms with Gasteiger partial charge in [0.25, 0.3) is 0 Å². The summed E-state index contributed by atoms with van der Waals surface area (Å²) in [5, 5.41) is 4.41. The van der Waals surface area contributed by atoms with E-state index in [2.05, 4.69) is 84.9 Å². The highest BCUT2D eigenvalue weighted by atomic mass is 32.1. The van der Waals surface area contributed by atoms with E-state index >= 15 is 0 Å². The van der Waals surface area contributed by atoms with Gasteiger partial charge in [0.2, 0.25) is 0 Å². The van der Waals surface area contributed by atoms with Crippen LogP contribution in [0.5, 0.6) is 0 Å². The first-order chi connectivity index (χ1) is 19.8. The number of hydrogen-bond donors (Lipinski definition) is 0. The Morgan fingerprint density at radius 2 is 0.900 bits per heavy atom. The first-order valence-electron chi connectivity index (χ1n) is 13.1. The van der Waals surface area contributed by atoms with E-state index < -0.39 is 0 Å². The van der Waals surface area contributed by atoms with E-state index in [1.54, 1.807) is 22.7 Å². The van der Waals surface area contributed by atoms with Crippen molar-refractivity contribution in [3.8, 4) is 20.9 Å². The Labute approximate surface area is 236 Å². The molecule has 9 aromatic rings. The molecule has 0 N–H and O–H groups in total. The van der Waals surface area contributed by atoms with E-state index in [0.717, 1.165) is 55.0 Å². The van der Waals surface area contributed by atoms with Gasteiger partial charge in [0.05, 0.1) is 33.1 Å². The molecule has 0 fully saturated rings. The summed E-state index contributed by atoms with van der Waals surface area (Å²) in [6, 6.07) is 34.1. The normalized spacial score (nSPS) is 12.0. The predicted octanol–water partition coefficient (Wildman–Crippen LogP) is 9.64. The van der Waals surface area contributed by atoms with Gasteiger partial charge in [0, 0.05) is 53.4 Å². The van der Waals surface area contributed by atoms with Crippen LogP contribution in [0.2, 0.25) is 0 Å². The maximum absolute atomic E-state index is 5.42. The van der Waals surface area contributed by atoms with Gasteiger partial charge in [-0.1, -0.05) is 48.5 Å². The van der Waals surface area contributed by atoms with Gasteiger partial charge in [-0.15, -0.1) is 22.7 Å². The summed E-state index contributed by atoms with van der Waals surface area (Å²) in [5.74, 6) is 0. The summed E-state index contributed by atoms with van der Waals surface area (Å²) in [7, 11) is 0. The Morgan fingerprint density at radius 1 is 0.425 bits per heavy atom. The topological polar surface area (TPSA) is 51.6 Å². The van der Waals surface area contributed by atoms with Crippen molar-refractivity contribution in [3.63, 3.8) is 0 Å². The molecule has 186 valence electrons. The van der Waals surface area contributed by atoms with Gasteiger partial charge in [0.15, 0.2) is 0 Å². The van der Waals surface area contributed by atoms with Crippen LogP contribution in [-0.4, -0.2) is 19.9 Å². The van der Waals surface area contributed by atoms with E-state index in [9.17, 15) is 0 Å². The van der Waals surface area contributed by atoms with Crippen LogP contribution in [0, 0.1) is 0 Å². The summed E-state index contributed by atoms with van der Waals surface area (Å²) >= 11 is 3.59. The SMILES string of the molecule is c1ccc2sc(-c3ccc(-c4cc5ccccc5s4)c4nc5c6cccnc6c6ncccc6c5nc34)cc2c1. The van der Waals surface area contributed by atoms with Gasteiger partial charge >= 0.3 is 0 Å². The van der Waals surface area contributed by atoms with E-state index in [1.165, 1.54) is 29.9 Å². The molecule has 40 heavy (non-hydrogen) atoms. The minimum atomic E-state index is 0.850. The second-order valence-electron chi connectivity index (χ2n) is 9.87. The second-order valence-corrected chi connectivity index (χ2v) is 12.0. The number of thiophene rings is 2. The Kier molecular flexibility index (Phi) is 4.61. The summed E-state index contributed by atoms with van der Waals surface area (Å²) in [6.45, 7) is 0. The minimum Gasteiger partial charge on any atom is -0.254 e. The zero-order valence-corrected chi connectivity index (χ0v) is 22.6. The zero-order chi connectivity index (χ0) is 26.2. The molecule has 5 aromatic heterocycles. The standard InChI is InChI=1S/C34H18N4S2/c1-3-11-25-19(7-1)17-27(39-25)21-13-14-22(28-18-20-8-2-4-12-26(20)40-28)32-31(21)37-33-23-9-5-15-35-29(23)30-24(34(33)38-32)10-6-16-36-30/h1-18H. The van der Waals surface area contributed by atoms with E-state index in [4.69, 9.17) is 19.9 Å². The third-order valence-corrected chi connectivity index (χ3v) is 9.85. The molecule has 0 amide bonds. The Morgan fingerprint density at radius 3 is 1.38 bits per heavy atom. The molecule has 4 aromatic carbocycles. The van der Waals surface area contributed by atoms with Crippen LogP contribution in [0.3, 0.4) is 0 Å². The molecule has 0 radical (unpaired) electrons. The summed E-state index contributed by atoms with van der Waals surface area (Å²) in [6.07, 6.45) is 3.64. The molecule has 0 unspecified atom stereocenters. The lowest BCUT2D eigenvalue weighted by molar-refractivity contribution is 1.36. The monoisotopic (exact) mass is 546 g/mol. The molecule has 5 heterocycles. The number of aromatic nitrogens is 4. The fourth-order valence-corrected chi connectivity index (χ4v) is 7.89. The fraction of sp³-hybridized carbons (Fsp3) is 0. The van der Waals surface area contributed by atoms with Gasteiger partial charge in [-0.3, -0.25) is 9.97 Å². The lowest BCUT2D eigenvalue weighted by Crippen LogP contribution is -1.96. The smallest absolute Gasteiger partial charge is 0.0996 e. The average molecular weight is 547 g/mol. The molecule has 0 aliphatic rings. The predicted molar refractivity (Wildman–Crippen MR) is 169 cm³/mol. The van der Waals surface area contributed by atoms with E-state index in [0.29, 0.717) is 0 Å². The Hall–Kier alpha value is -4.78. The van der Waals surface area contributed by atoms with Crippen LogP contribution in [-0.2, 0) is 0 Å². The molecule has 0 spiro atoms. The fourth-order valence-electron chi connectivity index (χ4n) is 5.71. The van der Waals surface area contributed by atoms with Crippen molar-refractivity contribution < 1.29 is 0 Å². The molecule has 0 bridgehead atoms. The second kappa shape index (κ2) is 8.36. The van der Waals surface area contributed by atoms with Crippen LogP contribution in [0.15, 0.2) is 109 Å². The van der Waals surface area contributed by atoms with Crippen LogP contribution >= 0.6 is 22.7 Å². The Bertz CT molecular complexity index is 2220. The maximum Gasteiger partial charge on any atom is 0.0996 e. The maximum atomic E-state index is 5.42. The summed E-state index contributed by atoms with van der Waals surface area (Å²) in [5.41, 5.74) is 7.41. The van der Waals surface area contributed by atoms with Gasteiger partial charge in [-0.25, -0.2) is 9.97 Å². The van der Waals surface area contributed by atoms with Gasteiger partial charge in [-0.05, 0) is 59.3 Å². The third kappa shape index (κ3) is 3.18. The molecule has 0 atom stereocenters. The molecule has 0 aliphatic carbocycles. The van der Waals surface area contributed by atoms with Crippen LogP contribution in [0.1, 0.15) is 0 Å². The Balaban J connectivity index is 1.45. The van der Waals surface area contributed by atoms with Crippen LogP contribution in [0.4, 0.5) is 0 Å². The number of hydrogen-bond acceptors (Lipinski definition) is 6. The van der Waals surface area contributed by atoms with Crippen LogP contribution < -0.4 is 0 Å². The quantitative estimate of drug-likeness (QED) is 0.160. The first kappa shape index (κ1) is 22.1. The summed E-state index contributed by atoms with van der Waals surface area (Å²) in [4.78, 5) is 22.6. The summed E-state index contributed by atoms with van der Waals surface area (Å²) < 4.78 is 2.53. The van der Waals surface area contributed by atoms with Crippen molar-refractivity contribution in [1.29, 1.82) is 0 Å². The minimum absolute atomic E-state index is 0.850. The van der Waals surface area contributed by atoms with E-state index in [-0.39, 0.29) is 0 Å². The zero-order valence-electron chi connectivity index (χ0n) is 21.0. The molecule has 0 saturated carbocycles. The van der Waals surface area contributed by atoms with Crippen molar-refractivity contribution in [2.45, 2.75) is 0 Å². The number of nitrogens with zero attached hydrogens (tertiary/aromatic N) is 4. The van der Waals surface area contributed by atoms with Crippen LogP contribution in [0.25, 0.3) is 84.9 Å². The molecule has 6 heteroatoms. The third-order valence-electron chi connectivity index (χ3n) is 7.55. The number of rotatable bonds is 2. The molecule has 4 nitrogen and oxygen atoms in total. The van der Waals surface area contributed by atoms with Crippen molar-refractivity contribution in [2.24, 2.45) is 0 Å². The van der Waals surface area contributed by atoms with Crippen molar-refractivity contribution in [2.75, 3.05) is 0 Å². The van der Waals surface area contributed by atoms with Crippen molar-refractivity contribution >= 4 is 86.7 Å². The van der Waals surface area contributed by atoms with Crippen molar-refractivity contribution in [3.05, 3.63) is 109 Å². The highest BCUT2D eigenvalue weighted by molar-refractivity contribution is 7.22. The molecular weight excluding hydrogens is 529 g/mol. The molecule has 0 saturated heterocycles. The highest BCUT2D eigenvalue weighted by Crippen LogP contribution is 2.43. The number of fused-ring (bicyclic) bond motifs is 9. The number of benzene rings is 4. The van der Waals surface area contributed by atoms with Gasteiger partial charge in [0.1, 0.15) is 0 Å². The first-order valence-corrected chi connectivity index (χ1v) is 14.7.